The number of hydrogen-bond acceptors (Lipinski definition) is 3. The number of aryl methyl sites for hydroxylation is 1. The normalized spacial score (nSPS) is 17.1. The number of carbonyl (C=O) groups is 1. The fraction of sp³-hybridized carbons (Fsp3) is 0.458. The zero-order valence-electron chi connectivity index (χ0n) is 17.4. The Labute approximate surface area is 173 Å². The van der Waals surface area contributed by atoms with E-state index >= 15 is 0 Å². The van der Waals surface area contributed by atoms with Crippen LogP contribution in [0.2, 0.25) is 0 Å². The van der Waals surface area contributed by atoms with E-state index in [1.807, 2.05) is 19.1 Å². The van der Waals surface area contributed by atoms with Crippen molar-refractivity contribution in [2.24, 2.45) is 5.92 Å². The van der Waals surface area contributed by atoms with E-state index in [1.165, 1.54) is 30.5 Å². The molecule has 1 atom stereocenters. The van der Waals surface area contributed by atoms with Crippen molar-refractivity contribution in [2.45, 2.75) is 46.1 Å². The minimum absolute atomic E-state index is 0.00310. The van der Waals surface area contributed by atoms with Crippen molar-refractivity contribution in [3.05, 3.63) is 59.4 Å². The molecule has 1 aliphatic heterocycles. The van der Waals surface area contributed by atoms with Crippen LogP contribution in [0, 0.1) is 18.7 Å². The number of ether oxygens (including phenoxy) is 1. The van der Waals surface area contributed by atoms with Gasteiger partial charge in [0.05, 0.1) is 6.61 Å². The van der Waals surface area contributed by atoms with Gasteiger partial charge in [-0.25, -0.2) is 4.39 Å². The van der Waals surface area contributed by atoms with Gasteiger partial charge < -0.3 is 10.1 Å². The van der Waals surface area contributed by atoms with E-state index in [-0.39, 0.29) is 11.7 Å². The zero-order chi connectivity index (χ0) is 20.6. The summed E-state index contributed by atoms with van der Waals surface area (Å²) >= 11 is 0. The first kappa shape index (κ1) is 21.3. The van der Waals surface area contributed by atoms with E-state index in [4.69, 9.17) is 4.74 Å². The van der Waals surface area contributed by atoms with E-state index in [1.54, 1.807) is 13.0 Å². The second-order valence-electron chi connectivity index (χ2n) is 7.87. The average Bonchev–Trinajstić information content (AvgIpc) is 2.71. The fourth-order valence-electron chi connectivity index (χ4n) is 3.96. The van der Waals surface area contributed by atoms with Crippen LogP contribution < -0.4 is 10.1 Å². The Morgan fingerprint density at radius 1 is 1.24 bits per heavy atom. The molecule has 0 spiro atoms. The lowest BCUT2D eigenvalue weighted by Crippen LogP contribution is -2.35. The molecule has 5 heteroatoms. The van der Waals surface area contributed by atoms with Crippen LogP contribution in [0.15, 0.2) is 42.5 Å². The van der Waals surface area contributed by atoms with Gasteiger partial charge in [0.15, 0.2) is 0 Å². The quantitative estimate of drug-likeness (QED) is 0.667. The number of halogens is 1. The minimum Gasteiger partial charge on any atom is -0.494 e. The number of rotatable bonds is 8. The molecule has 1 heterocycles. The van der Waals surface area contributed by atoms with Crippen LogP contribution in [0.1, 0.15) is 43.7 Å². The van der Waals surface area contributed by atoms with Gasteiger partial charge in [0.1, 0.15) is 11.6 Å². The number of hydrogen-bond donors (Lipinski definition) is 1. The summed E-state index contributed by atoms with van der Waals surface area (Å²) in [6.07, 6.45) is 3.72. The van der Waals surface area contributed by atoms with Gasteiger partial charge >= 0.3 is 0 Å². The second-order valence-corrected chi connectivity index (χ2v) is 7.87. The second kappa shape index (κ2) is 10.4. The van der Waals surface area contributed by atoms with Crippen LogP contribution in [0.4, 0.5) is 10.1 Å². The molecule has 0 radical (unpaired) electrons. The van der Waals surface area contributed by atoms with Crippen LogP contribution in [-0.2, 0) is 11.3 Å². The van der Waals surface area contributed by atoms with Gasteiger partial charge in [0, 0.05) is 25.2 Å². The zero-order valence-corrected chi connectivity index (χ0v) is 17.4. The van der Waals surface area contributed by atoms with Crippen molar-refractivity contribution in [1.82, 2.24) is 4.90 Å². The van der Waals surface area contributed by atoms with Crippen LogP contribution in [0.25, 0.3) is 0 Å². The molecule has 2 aromatic carbocycles. The highest BCUT2D eigenvalue weighted by Gasteiger charge is 2.21. The number of carbonyl (C=O) groups excluding carboxylic acids is 1. The van der Waals surface area contributed by atoms with Gasteiger partial charge in [-0.15, -0.1) is 0 Å². The third-order valence-electron chi connectivity index (χ3n) is 5.49. The number of piperidine rings is 1. The summed E-state index contributed by atoms with van der Waals surface area (Å²) in [5.74, 6) is 1.17. The Morgan fingerprint density at radius 2 is 2.03 bits per heavy atom. The Bertz CT molecular complexity index is 807. The third-order valence-corrected chi connectivity index (χ3v) is 5.49. The summed E-state index contributed by atoms with van der Waals surface area (Å²) in [5, 5.41) is 2.91. The van der Waals surface area contributed by atoms with Gasteiger partial charge in [-0.3, -0.25) is 9.69 Å². The molecule has 0 saturated carbocycles. The molecule has 29 heavy (non-hydrogen) atoms. The van der Waals surface area contributed by atoms with Crippen LogP contribution in [-0.4, -0.2) is 30.5 Å². The van der Waals surface area contributed by atoms with E-state index in [0.717, 1.165) is 37.4 Å². The minimum atomic E-state index is -0.282. The number of nitrogens with one attached hydrogen (secondary N) is 1. The summed E-state index contributed by atoms with van der Waals surface area (Å²) in [6, 6.07) is 12.8. The molecular weight excluding hydrogens is 367 g/mol. The van der Waals surface area contributed by atoms with E-state index < -0.39 is 0 Å². The standard InChI is InChI=1S/C24H31FN2O2/c1-3-29-22-10-6-20(7-11-22)17-27-14-4-5-19(16-27)8-13-24(28)26-23-12-9-21(25)15-18(23)2/h6-7,9-12,15,19H,3-5,8,13-14,16-17H2,1-2H3,(H,26,28). The number of likely N-dealkylation sites (tertiary alicyclic amines) is 1. The smallest absolute Gasteiger partial charge is 0.224 e. The maximum absolute atomic E-state index is 13.2. The topological polar surface area (TPSA) is 41.6 Å². The average molecular weight is 399 g/mol. The fourth-order valence-corrected chi connectivity index (χ4v) is 3.96. The lowest BCUT2D eigenvalue weighted by molar-refractivity contribution is -0.116. The number of amides is 1. The van der Waals surface area contributed by atoms with Crippen molar-refractivity contribution in [1.29, 1.82) is 0 Å². The first-order valence-corrected chi connectivity index (χ1v) is 10.5. The van der Waals surface area contributed by atoms with E-state index in [0.29, 0.717) is 24.6 Å². The van der Waals surface area contributed by atoms with E-state index in [2.05, 4.69) is 22.3 Å². The van der Waals surface area contributed by atoms with Crippen molar-refractivity contribution in [3.8, 4) is 5.75 Å². The van der Waals surface area contributed by atoms with E-state index in [9.17, 15) is 9.18 Å². The Kier molecular flexibility index (Phi) is 7.64. The summed E-state index contributed by atoms with van der Waals surface area (Å²) in [4.78, 5) is 14.8. The number of nitrogens with zero attached hydrogens (tertiary/aromatic N) is 1. The molecule has 0 aliphatic carbocycles. The largest absolute Gasteiger partial charge is 0.494 e. The summed E-state index contributed by atoms with van der Waals surface area (Å²) in [6.45, 7) is 7.54. The molecule has 4 nitrogen and oxygen atoms in total. The lowest BCUT2D eigenvalue weighted by atomic mass is 9.93. The molecule has 1 aliphatic rings. The van der Waals surface area contributed by atoms with Gasteiger partial charge in [0.25, 0.3) is 0 Å². The molecule has 1 amide bonds. The SMILES string of the molecule is CCOc1ccc(CN2CCCC(CCC(=O)Nc3ccc(F)cc3C)C2)cc1. The maximum atomic E-state index is 13.2. The van der Waals surface area contributed by atoms with Crippen molar-refractivity contribution < 1.29 is 13.9 Å². The first-order valence-electron chi connectivity index (χ1n) is 10.5. The number of anilines is 1. The maximum Gasteiger partial charge on any atom is 0.224 e. The summed E-state index contributed by atoms with van der Waals surface area (Å²) < 4.78 is 18.7. The lowest BCUT2D eigenvalue weighted by Gasteiger charge is -2.32. The predicted molar refractivity (Wildman–Crippen MR) is 115 cm³/mol. The molecule has 1 N–H and O–H groups in total. The summed E-state index contributed by atoms with van der Waals surface area (Å²) in [7, 11) is 0. The van der Waals surface area contributed by atoms with Gasteiger partial charge in [-0.2, -0.15) is 0 Å². The Balaban J connectivity index is 1.44. The molecular formula is C24H31FN2O2. The van der Waals surface area contributed by atoms with Crippen molar-refractivity contribution in [2.75, 3.05) is 25.0 Å². The molecule has 1 saturated heterocycles. The molecule has 2 aromatic rings. The Morgan fingerprint density at radius 3 is 2.76 bits per heavy atom. The third kappa shape index (κ3) is 6.57. The highest BCUT2D eigenvalue weighted by atomic mass is 19.1. The molecule has 0 bridgehead atoms. The highest BCUT2D eigenvalue weighted by Crippen LogP contribution is 2.24. The predicted octanol–water partition coefficient (Wildman–Crippen LogP) is 5.16. The molecule has 3 rings (SSSR count). The van der Waals surface area contributed by atoms with Gasteiger partial charge in [-0.1, -0.05) is 12.1 Å². The number of benzene rings is 2. The Hall–Kier alpha value is -2.40. The first-order chi connectivity index (χ1) is 14.0. The van der Waals surface area contributed by atoms with Crippen molar-refractivity contribution in [3.63, 3.8) is 0 Å². The molecule has 1 fully saturated rings. The van der Waals surface area contributed by atoms with Crippen LogP contribution >= 0.6 is 0 Å². The molecule has 156 valence electrons. The molecule has 0 aromatic heterocycles. The summed E-state index contributed by atoms with van der Waals surface area (Å²) in [5.41, 5.74) is 2.73. The van der Waals surface area contributed by atoms with Gasteiger partial charge in [0.2, 0.25) is 5.91 Å². The molecule has 1 unspecified atom stereocenters. The van der Waals surface area contributed by atoms with Gasteiger partial charge in [-0.05, 0) is 87.0 Å². The monoisotopic (exact) mass is 398 g/mol. The highest BCUT2D eigenvalue weighted by molar-refractivity contribution is 5.91. The van der Waals surface area contributed by atoms with Crippen LogP contribution in [0.3, 0.4) is 0 Å². The van der Waals surface area contributed by atoms with Crippen LogP contribution in [0.5, 0.6) is 5.75 Å². The van der Waals surface area contributed by atoms with Crippen molar-refractivity contribution >= 4 is 11.6 Å².